The third-order valence-corrected chi connectivity index (χ3v) is 2.18. The first-order valence-corrected chi connectivity index (χ1v) is 4.99. The van der Waals surface area contributed by atoms with Crippen LogP contribution in [0.1, 0.15) is 11.7 Å². The second kappa shape index (κ2) is 6.07. The first-order valence-electron chi connectivity index (χ1n) is 4.99. The van der Waals surface area contributed by atoms with Crippen molar-refractivity contribution in [3.63, 3.8) is 0 Å². The van der Waals surface area contributed by atoms with Gasteiger partial charge in [-0.25, -0.2) is 0 Å². The van der Waals surface area contributed by atoms with Crippen LogP contribution in [0, 0.1) is 15.9 Å². The fourth-order valence-corrected chi connectivity index (χ4v) is 1.32. The molecule has 1 unspecified atom stereocenters. The van der Waals surface area contributed by atoms with Gasteiger partial charge in [0.25, 0.3) is 0 Å². The molecule has 0 amide bonds. The Hall–Kier alpha value is -1.79. The third-order valence-electron chi connectivity index (χ3n) is 2.18. The monoisotopic (exact) mass is 240 g/mol. The molecule has 0 aliphatic carbocycles. The van der Waals surface area contributed by atoms with E-state index < -0.39 is 22.5 Å². The SMILES string of the molecule is C=CCNCC(O)c1ccc(F)c([N+](=O)[O-])c1. The second-order valence-corrected chi connectivity index (χ2v) is 3.43. The Morgan fingerprint density at radius 1 is 1.65 bits per heavy atom. The predicted molar refractivity (Wildman–Crippen MR) is 61.1 cm³/mol. The van der Waals surface area contributed by atoms with Crippen LogP contribution in [-0.4, -0.2) is 23.1 Å². The number of nitrogens with zero attached hydrogens (tertiary/aromatic N) is 1. The maximum absolute atomic E-state index is 13.0. The number of nitrogens with one attached hydrogen (secondary N) is 1. The summed E-state index contributed by atoms with van der Waals surface area (Å²) < 4.78 is 13.0. The molecule has 5 nitrogen and oxygen atoms in total. The standard InChI is InChI=1S/C11H13FN2O3/c1-2-5-13-7-11(15)8-3-4-9(12)10(6-8)14(16)17/h2-4,6,11,13,15H,1,5,7H2. The van der Waals surface area contributed by atoms with Crippen molar-refractivity contribution >= 4 is 5.69 Å². The van der Waals surface area contributed by atoms with E-state index in [-0.39, 0.29) is 6.54 Å². The van der Waals surface area contributed by atoms with Crippen LogP contribution in [0.5, 0.6) is 0 Å². The summed E-state index contributed by atoms with van der Waals surface area (Å²) >= 11 is 0. The molecule has 92 valence electrons. The van der Waals surface area contributed by atoms with Crippen molar-refractivity contribution in [1.82, 2.24) is 5.32 Å². The highest BCUT2D eigenvalue weighted by Crippen LogP contribution is 2.22. The van der Waals surface area contributed by atoms with Crippen molar-refractivity contribution in [1.29, 1.82) is 0 Å². The molecule has 0 aliphatic heterocycles. The highest BCUT2D eigenvalue weighted by atomic mass is 19.1. The Balaban J connectivity index is 2.80. The summed E-state index contributed by atoms with van der Waals surface area (Å²) in [5, 5.41) is 23.1. The van der Waals surface area contributed by atoms with Crippen LogP contribution < -0.4 is 5.32 Å². The Morgan fingerprint density at radius 3 is 2.94 bits per heavy atom. The van der Waals surface area contributed by atoms with Gasteiger partial charge in [0.1, 0.15) is 0 Å². The summed E-state index contributed by atoms with van der Waals surface area (Å²) in [6.45, 7) is 4.23. The largest absolute Gasteiger partial charge is 0.387 e. The maximum atomic E-state index is 13.0. The normalized spacial score (nSPS) is 12.1. The number of rotatable bonds is 6. The molecular formula is C11H13FN2O3. The molecule has 1 aromatic rings. The molecule has 2 N–H and O–H groups in total. The molecule has 0 bridgehead atoms. The van der Waals surface area contributed by atoms with Crippen molar-refractivity contribution < 1.29 is 14.4 Å². The zero-order valence-corrected chi connectivity index (χ0v) is 9.10. The molecule has 1 rings (SSSR count). The fraction of sp³-hybridized carbons (Fsp3) is 0.273. The Morgan fingerprint density at radius 2 is 2.35 bits per heavy atom. The zero-order chi connectivity index (χ0) is 12.8. The van der Waals surface area contributed by atoms with Crippen LogP contribution in [0.2, 0.25) is 0 Å². The van der Waals surface area contributed by atoms with E-state index in [2.05, 4.69) is 11.9 Å². The molecule has 0 spiro atoms. The van der Waals surface area contributed by atoms with Gasteiger partial charge in [0, 0.05) is 19.2 Å². The molecule has 0 saturated heterocycles. The van der Waals surface area contributed by atoms with Gasteiger partial charge in [-0.15, -0.1) is 6.58 Å². The summed E-state index contributed by atoms with van der Waals surface area (Å²) in [6, 6.07) is 3.34. The molecule has 0 aliphatic rings. The van der Waals surface area contributed by atoms with Crippen LogP contribution >= 0.6 is 0 Å². The highest BCUT2D eigenvalue weighted by Gasteiger charge is 2.17. The van der Waals surface area contributed by atoms with Crippen molar-refractivity contribution in [2.45, 2.75) is 6.10 Å². The van der Waals surface area contributed by atoms with E-state index in [1.165, 1.54) is 6.07 Å². The zero-order valence-electron chi connectivity index (χ0n) is 9.10. The number of aliphatic hydroxyl groups excluding tert-OH is 1. The van der Waals surface area contributed by atoms with E-state index >= 15 is 0 Å². The lowest BCUT2D eigenvalue weighted by molar-refractivity contribution is -0.387. The molecule has 17 heavy (non-hydrogen) atoms. The first-order chi connectivity index (χ1) is 8.06. The Bertz CT molecular complexity index is 423. The van der Waals surface area contributed by atoms with Crippen molar-refractivity contribution in [3.8, 4) is 0 Å². The topological polar surface area (TPSA) is 75.4 Å². The number of benzene rings is 1. The summed E-state index contributed by atoms with van der Waals surface area (Å²) in [4.78, 5) is 9.70. The molecule has 0 aromatic heterocycles. The van der Waals surface area contributed by atoms with Crippen LogP contribution in [0.25, 0.3) is 0 Å². The number of nitro benzene ring substituents is 1. The quantitative estimate of drug-likeness (QED) is 0.342. The summed E-state index contributed by atoms with van der Waals surface area (Å²) in [6.07, 6.45) is 0.703. The van der Waals surface area contributed by atoms with Crippen LogP contribution in [0.15, 0.2) is 30.9 Å². The van der Waals surface area contributed by atoms with Gasteiger partial charge in [-0.1, -0.05) is 12.1 Å². The van der Waals surface area contributed by atoms with Crippen LogP contribution in [0.3, 0.4) is 0 Å². The van der Waals surface area contributed by atoms with Gasteiger partial charge >= 0.3 is 5.69 Å². The van der Waals surface area contributed by atoms with Gasteiger partial charge in [-0.2, -0.15) is 4.39 Å². The molecule has 6 heteroatoms. The number of halogens is 1. The number of nitro groups is 1. The smallest absolute Gasteiger partial charge is 0.305 e. The fourth-order valence-electron chi connectivity index (χ4n) is 1.32. The predicted octanol–water partition coefficient (Wildman–Crippen LogP) is 1.54. The minimum absolute atomic E-state index is 0.217. The maximum Gasteiger partial charge on any atom is 0.305 e. The minimum atomic E-state index is -0.922. The van der Waals surface area contributed by atoms with E-state index in [1.807, 2.05) is 0 Å². The lowest BCUT2D eigenvalue weighted by Gasteiger charge is -2.11. The first kappa shape index (κ1) is 13.3. The average molecular weight is 240 g/mol. The van der Waals surface area contributed by atoms with E-state index in [9.17, 15) is 19.6 Å². The van der Waals surface area contributed by atoms with Gasteiger partial charge in [0.05, 0.1) is 11.0 Å². The lowest BCUT2D eigenvalue weighted by Crippen LogP contribution is -2.21. The Kier molecular flexibility index (Phi) is 4.74. The van der Waals surface area contributed by atoms with Gasteiger partial charge in [0.2, 0.25) is 5.82 Å². The van der Waals surface area contributed by atoms with Gasteiger partial charge in [0.15, 0.2) is 0 Å². The van der Waals surface area contributed by atoms with Crippen molar-refractivity contribution in [3.05, 3.63) is 52.3 Å². The molecule has 1 atom stereocenters. The summed E-state index contributed by atoms with van der Waals surface area (Å²) in [7, 11) is 0. The number of hydrogen-bond donors (Lipinski definition) is 2. The third kappa shape index (κ3) is 3.61. The van der Waals surface area contributed by atoms with Crippen LogP contribution in [0.4, 0.5) is 10.1 Å². The van der Waals surface area contributed by atoms with E-state index in [0.29, 0.717) is 12.1 Å². The minimum Gasteiger partial charge on any atom is -0.387 e. The second-order valence-electron chi connectivity index (χ2n) is 3.43. The van der Waals surface area contributed by atoms with E-state index in [0.717, 1.165) is 12.1 Å². The molecule has 1 aromatic carbocycles. The molecule has 0 fully saturated rings. The van der Waals surface area contributed by atoms with Gasteiger partial charge in [-0.3, -0.25) is 10.1 Å². The van der Waals surface area contributed by atoms with Gasteiger partial charge in [-0.05, 0) is 11.6 Å². The molecule has 0 saturated carbocycles. The van der Waals surface area contributed by atoms with Crippen molar-refractivity contribution in [2.75, 3.05) is 13.1 Å². The number of hydrogen-bond acceptors (Lipinski definition) is 4. The Labute approximate surface area is 97.7 Å². The van der Waals surface area contributed by atoms with E-state index in [4.69, 9.17) is 0 Å². The average Bonchev–Trinajstić information content (AvgIpc) is 2.29. The number of aliphatic hydroxyl groups is 1. The summed E-state index contributed by atoms with van der Waals surface area (Å²) in [5.41, 5.74) is -0.333. The molecule has 0 heterocycles. The summed E-state index contributed by atoms with van der Waals surface area (Å²) in [5.74, 6) is -0.912. The van der Waals surface area contributed by atoms with Gasteiger partial charge < -0.3 is 10.4 Å². The molecule has 0 radical (unpaired) electrons. The highest BCUT2D eigenvalue weighted by molar-refractivity contribution is 5.37. The van der Waals surface area contributed by atoms with E-state index in [1.54, 1.807) is 6.08 Å². The van der Waals surface area contributed by atoms with Crippen molar-refractivity contribution in [2.24, 2.45) is 0 Å². The van der Waals surface area contributed by atoms with Crippen LogP contribution in [-0.2, 0) is 0 Å². The molecular weight excluding hydrogens is 227 g/mol. The lowest BCUT2D eigenvalue weighted by atomic mass is 10.1.